The van der Waals surface area contributed by atoms with Gasteiger partial charge in [0.15, 0.2) is 0 Å². The van der Waals surface area contributed by atoms with Crippen LogP contribution < -0.4 is 5.32 Å². The molecule has 1 aromatic heterocycles. The highest BCUT2D eigenvalue weighted by atomic mass is 32.2. The number of nitrogens with one attached hydrogen (secondary N) is 1. The van der Waals surface area contributed by atoms with E-state index in [0.717, 1.165) is 23.7 Å². The monoisotopic (exact) mass is 289 g/mol. The Morgan fingerprint density at radius 2 is 2.40 bits per heavy atom. The van der Waals surface area contributed by atoms with Gasteiger partial charge in [-0.3, -0.25) is 0 Å². The first-order valence-corrected chi connectivity index (χ1v) is 7.72. The van der Waals surface area contributed by atoms with Crippen molar-refractivity contribution in [2.45, 2.75) is 13.0 Å². The summed E-state index contributed by atoms with van der Waals surface area (Å²) in [5.41, 5.74) is 2.20. The van der Waals surface area contributed by atoms with E-state index < -0.39 is 0 Å². The average molecular weight is 289 g/mol. The van der Waals surface area contributed by atoms with Gasteiger partial charge in [0.2, 0.25) is 0 Å². The predicted octanol–water partition coefficient (Wildman–Crippen LogP) is 2.23. The quantitative estimate of drug-likeness (QED) is 0.596. The number of aromatic nitrogens is 4. The summed E-state index contributed by atoms with van der Waals surface area (Å²) in [6.45, 7) is 6.86. The summed E-state index contributed by atoms with van der Waals surface area (Å²) < 4.78 is 1.66. The van der Waals surface area contributed by atoms with Crippen molar-refractivity contribution in [2.75, 3.05) is 18.1 Å². The fourth-order valence-corrected chi connectivity index (χ4v) is 2.44. The van der Waals surface area contributed by atoms with E-state index in [-0.39, 0.29) is 0 Å². The van der Waals surface area contributed by atoms with E-state index in [1.54, 1.807) is 11.0 Å². The number of benzene rings is 1. The second kappa shape index (κ2) is 7.81. The molecule has 0 amide bonds. The summed E-state index contributed by atoms with van der Waals surface area (Å²) in [5, 5.41) is 14.7. The molecule has 2 aromatic rings. The van der Waals surface area contributed by atoms with Gasteiger partial charge in [0, 0.05) is 24.1 Å². The Morgan fingerprint density at radius 1 is 1.50 bits per heavy atom. The molecule has 2 rings (SSSR count). The lowest BCUT2D eigenvalue weighted by Gasteiger charge is -2.15. The smallest absolute Gasteiger partial charge is 0.143 e. The highest BCUT2D eigenvalue weighted by Crippen LogP contribution is 2.16. The number of tetrazole rings is 1. The molecule has 0 radical (unpaired) electrons. The molecule has 1 heterocycles. The van der Waals surface area contributed by atoms with Crippen LogP contribution in [0.4, 0.5) is 0 Å². The van der Waals surface area contributed by atoms with E-state index in [1.807, 2.05) is 30.0 Å². The first-order valence-electron chi connectivity index (χ1n) is 6.56. The topological polar surface area (TPSA) is 55.6 Å². The Balaban J connectivity index is 1.91. The molecule has 0 saturated heterocycles. The van der Waals surface area contributed by atoms with Crippen molar-refractivity contribution < 1.29 is 0 Å². The van der Waals surface area contributed by atoms with Gasteiger partial charge >= 0.3 is 0 Å². The minimum atomic E-state index is 0.302. The SMILES string of the molecule is C=CCSCCNC(C)c1cccc(-n2cnnn2)c1. The highest BCUT2D eigenvalue weighted by molar-refractivity contribution is 7.99. The average Bonchev–Trinajstić information content (AvgIpc) is 3.01. The van der Waals surface area contributed by atoms with Crippen molar-refractivity contribution >= 4 is 11.8 Å². The summed E-state index contributed by atoms with van der Waals surface area (Å²) in [4.78, 5) is 0. The summed E-state index contributed by atoms with van der Waals surface area (Å²) in [7, 11) is 0. The van der Waals surface area contributed by atoms with Crippen LogP contribution in [0.15, 0.2) is 43.2 Å². The van der Waals surface area contributed by atoms with Gasteiger partial charge in [-0.2, -0.15) is 11.8 Å². The van der Waals surface area contributed by atoms with Gasteiger partial charge in [-0.15, -0.1) is 11.7 Å². The second-order valence-electron chi connectivity index (χ2n) is 4.39. The molecule has 0 bridgehead atoms. The normalized spacial score (nSPS) is 12.2. The number of rotatable bonds is 8. The molecule has 106 valence electrons. The van der Waals surface area contributed by atoms with Crippen LogP contribution in [-0.4, -0.2) is 38.3 Å². The molecule has 1 unspecified atom stereocenters. The van der Waals surface area contributed by atoms with Gasteiger partial charge in [-0.05, 0) is 35.0 Å². The van der Waals surface area contributed by atoms with Crippen molar-refractivity contribution in [3.8, 4) is 5.69 Å². The lowest BCUT2D eigenvalue weighted by Crippen LogP contribution is -2.21. The number of nitrogens with zero attached hydrogens (tertiary/aromatic N) is 4. The van der Waals surface area contributed by atoms with E-state index in [4.69, 9.17) is 0 Å². The third-order valence-corrected chi connectivity index (χ3v) is 3.88. The number of hydrogen-bond acceptors (Lipinski definition) is 5. The standard InChI is InChI=1S/C14H19N5S/c1-3-8-20-9-7-15-12(2)13-5-4-6-14(10-13)19-11-16-17-18-19/h3-6,10-12,15H,1,7-9H2,2H3. The Morgan fingerprint density at radius 3 is 3.15 bits per heavy atom. The predicted molar refractivity (Wildman–Crippen MR) is 83.1 cm³/mol. The summed E-state index contributed by atoms with van der Waals surface area (Å²) in [6.07, 6.45) is 3.53. The van der Waals surface area contributed by atoms with Crippen LogP contribution in [0.25, 0.3) is 5.69 Å². The lowest BCUT2D eigenvalue weighted by atomic mass is 10.1. The Kier molecular flexibility index (Phi) is 5.76. The minimum Gasteiger partial charge on any atom is -0.309 e. The molecule has 1 aromatic carbocycles. The number of thioether (sulfide) groups is 1. The maximum Gasteiger partial charge on any atom is 0.143 e. The van der Waals surface area contributed by atoms with Gasteiger partial charge in [-0.1, -0.05) is 18.2 Å². The molecule has 1 N–H and O–H groups in total. The molecular weight excluding hydrogens is 270 g/mol. The Labute approximate surface area is 123 Å². The van der Waals surface area contributed by atoms with Crippen LogP contribution in [0.2, 0.25) is 0 Å². The van der Waals surface area contributed by atoms with E-state index in [0.29, 0.717) is 6.04 Å². The zero-order valence-electron chi connectivity index (χ0n) is 11.6. The highest BCUT2D eigenvalue weighted by Gasteiger charge is 2.06. The van der Waals surface area contributed by atoms with Crippen molar-refractivity contribution in [1.82, 2.24) is 25.5 Å². The minimum absolute atomic E-state index is 0.302. The van der Waals surface area contributed by atoms with Crippen molar-refractivity contribution in [3.63, 3.8) is 0 Å². The van der Waals surface area contributed by atoms with Gasteiger partial charge in [-0.25, -0.2) is 4.68 Å². The van der Waals surface area contributed by atoms with Gasteiger partial charge < -0.3 is 5.32 Å². The van der Waals surface area contributed by atoms with E-state index in [2.05, 4.69) is 46.5 Å². The molecule has 0 aliphatic carbocycles. The summed E-state index contributed by atoms with van der Waals surface area (Å²) in [6, 6.07) is 8.53. The zero-order valence-corrected chi connectivity index (χ0v) is 12.4. The maximum absolute atomic E-state index is 3.91. The molecule has 5 nitrogen and oxygen atoms in total. The van der Waals surface area contributed by atoms with Crippen LogP contribution in [-0.2, 0) is 0 Å². The maximum atomic E-state index is 3.91. The van der Waals surface area contributed by atoms with E-state index in [9.17, 15) is 0 Å². The van der Waals surface area contributed by atoms with Crippen molar-refractivity contribution in [2.24, 2.45) is 0 Å². The van der Waals surface area contributed by atoms with Crippen molar-refractivity contribution in [1.29, 1.82) is 0 Å². The molecule has 0 aliphatic rings. The van der Waals surface area contributed by atoms with Crippen LogP contribution in [0.1, 0.15) is 18.5 Å². The van der Waals surface area contributed by atoms with Crippen LogP contribution >= 0.6 is 11.8 Å². The van der Waals surface area contributed by atoms with E-state index >= 15 is 0 Å². The molecule has 20 heavy (non-hydrogen) atoms. The summed E-state index contributed by atoms with van der Waals surface area (Å²) in [5.74, 6) is 2.09. The number of hydrogen-bond donors (Lipinski definition) is 1. The molecule has 1 atom stereocenters. The first-order chi connectivity index (χ1) is 9.81. The summed E-state index contributed by atoms with van der Waals surface area (Å²) >= 11 is 1.88. The van der Waals surface area contributed by atoms with Crippen LogP contribution in [0.5, 0.6) is 0 Å². The molecule has 0 saturated carbocycles. The third-order valence-electron chi connectivity index (χ3n) is 2.92. The van der Waals surface area contributed by atoms with Crippen LogP contribution in [0, 0.1) is 0 Å². The molecule has 0 spiro atoms. The molecule has 6 heteroatoms. The molecular formula is C14H19N5S. The van der Waals surface area contributed by atoms with Crippen molar-refractivity contribution in [3.05, 3.63) is 48.8 Å². The fourth-order valence-electron chi connectivity index (χ4n) is 1.85. The third kappa shape index (κ3) is 4.18. The van der Waals surface area contributed by atoms with Crippen LogP contribution in [0.3, 0.4) is 0 Å². The lowest BCUT2D eigenvalue weighted by molar-refractivity contribution is 0.600. The zero-order chi connectivity index (χ0) is 14.2. The fraction of sp³-hybridized carbons (Fsp3) is 0.357. The van der Waals surface area contributed by atoms with Gasteiger partial charge in [0.1, 0.15) is 6.33 Å². The Hall–Kier alpha value is -1.66. The van der Waals surface area contributed by atoms with Gasteiger partial charge in [0.25, 0.3) is 0 Å². The molecule has 0 fully saturated rings. The Bertz CT molecular complexity index is 526. The molecule has 0 aliphatic heterocycles. The second-order valence-corrected chi connectivity index (χ2v) is 5.54. The first kappa shape index (κ1) is 14.7. The van der Waals surface area contributed by atoms with Gasteiger partial charge in [0.05, 0.1) is 5.69 Å². The largest absolute Gasteiger partial charge is 0.309 e. The van der Waals surface area contributed by atoms with E-state index in [1.165, 1.54) is 5.56 Å².